The molecule has 8 heteroatoms. The van der Waals surface area contributed by atoms with Gasteiger partial charge in [0.05, 0.1) is 0 Å². The molecule has 1 aliphatic rings. The molecule has 0 fully saturated rings. The third-order valence-corrected chi connectivity index (χ3v) is 2.19. The number of anilines is 1. The molecule has 1 aromatic rings. The van der Waals surface area contributed by atoms with Gasteiger partial charge in [0.1, 0.15) is 0 Å². The highest BCUT2D eigenvalue weighted by Gasteiger charge is 2.42. The fourth-order valence-electron chi connectivity index (χ4n) is 1.65. The fourth-order valence-corrected chi connectivity index (χ4v) is 1.65. The Bertz CT molecular complexity index is 424. The number of nitrogens with zero attached hydrogens (tertiary/aromatic N) is 5. The van der Waals surface area contributed by atoms with Crippen LogP contribution in [0.15, 0.2) is 9.78 Å². The predicted octanol–water partition coefficient (Wildman–Crippen LogP) is -0.142. The van der Waals surface area contributed by atoms with E-state index in [4.69, 9.17) is 10.6 Å². The molecule has 1 aromatic heterocycles. The zero-order valence-electron chi connectivity index (χ0n) is 9.63. The number of nitrogens with two attached hydrogens (primary N) is 1. The number of amidine groups is 1. The summed E-state index contributed by atoms with van der Waals surface area (Å²) in [7, 11) is 3.74. The Labute approximate surface area is 92.5 Å². The lowest BCUT2D eigenvalue weighted by molar-refractivity contribution is -0.135. The van der Waals surface area contributed by atoms with Gasteiger partial charge in [-0.15, -0.1) is 0 Å². The monoisotopic (exact) mass is 226 g/mol. The lowest BCUT2D eigenvalue weighted by Gasteiger charge is -2.35. The minimum Gasteiger partial charge on any atom is -0.379 e. The van der Waals surface area contributed by atoms with Crippen LogP contribution in [0.1, 0.15) is 19.5 Å². The van der Waals surface area contributed by atoms with E-state index in [2.05, 4.69) is 20.1 Å². The first-order valence-corrected chi connectivity index (χ1v) is 4.75. The van der Waals surface area contributed by atoms with Gasteiger partial charge in [-0.05, 0) is 24.2 Å². The average molecular weight is 226 g/mol. The van der Waals surface area contributed by atoms with E-state index in [-0.39, 0.29) is 5.82 Å². The molecule has 0 amide bonds. The van der Waals surface area contributed by atoms with Crippen molar-refractivity contribution in [1.82, 2.24) is 20.3 Å². The molecule has 2 N–H and O–H groups in total. The van der Waals surface area contributed by atoms with E-state index in [9.17, 15) is 0 Å². The Morgan fingerprint density at radius 1 is 1.31 bits per heavy atom. The van der Waals surface area contributed by atoms with Gasteiger partial charge in [-0.25, -0.2) is 14.6 Å². The summed E-state index contributed by atoms with van der Waals surface area (Å²) in [6.45, 7) is 3.76. The van der Waals surface area contributed by atoms with Crippen LogP contribution in [0, 0.1) is 0 Å². The first kappa shape index (κ1) is 10.7. The Morgan fingerprint density at radius 3 is 2.50 bits per heavy atom. The number of hydrazine groups is 1. The minimum atomic E-state index is -0.593. The molecule has 2 rings (SSSR count). The van der Waals surface area contributed by atoms with Crippen LogP contribution in [0.2, 0.25) is 0 Å². The van der Waals surface area contributed by atoms with Crippen LogP contribution >= 0.6 is 0 Å². The molecular weight excluding hydrogens is 212 g/mol. The number of hydrogen-bond donors (Lipinski definition) is 1. The maximum absolute atomic E-state index is 5.62. The number of aromatic nitrogens is 2. The van der Waals surface area contributed by atoms with E-state index < -0.39 is 5.72 Å². The van der Waals surface area contributed by atoms with E-state index in [0.29, 0.717) is 11.5 Å². The van der Waals surface area contributed by atoms with Gasteiger partial charge in [-0.2, -0.15) is 0 Å². The maximum atomic E-state index is 5.62. The molecule has 8 nitrogen and oxygen atoms in total. The molecule has 0 aliphatic carbocycles. The lowest BCUT2D eigenvalue weighted by atomic mass is 10.2. The Kier molecular flexibility index (Phi) is 2.23. The quantitative estimate of drug-likeness (QED) is 0.750. The van der Waals surface area contributed by atoms with Crippen molar-refractivity contribution in [3.8, 4) is 0 Å². The molecule has 0 bridgehead atoms. The van der Waals surface area contributed by atoms with Crippen molar-refractivity contribution >= 4 is 11.7 Å². The molecular formula is C8H14N6O2. The van der Waals surface area contributed by atoms with E-state index in [1.54, 1.807) is 0 Å². The minimum absolute atomic E-state index is 0.187. The molecule has 0 atom stereocenters. The molecule has 2 heterocycles. The summed E-state index contributed by atoms with van der Waals surface area (Å²) in [4.78, 5) is 5.31. The van der Waals surface area contributed by atoms with Crippen molar-refractivity contribution in [2.75, 3.05) is 19.8 Å². The third-order valence-electron chi connectivity index (χ3n) is 2.19. The molecule has 0 radical (unpaired) electrons. The van der Waals surface area contributed by atoms with Crippen molar-refractivity contribution in [2.24, 2.45) is 5.16 Å². The first-order chi connectivity index (χ1) is 7.43. The number of nitrogen functional groups attached to an aromatic ring is 1. The van der Waals surface area contributed by atoms with Crippen molar-refractivity contribution in [1.29, 1.82) is 0 Å². The average Bonchev–Trinajstić information content (AvgIpc) is 2.68. The number of oxime groups is 1. The van der Waals surface area contributed by atoms with E-state index in [0.717, 1.165) is 0 Å². The molecule has 0 aromatic carbocycles. The van der Waals surface area contributed by atoms with E-state index >= 15 is 0 Å². The van der Waals surface area contributed by atoms with Crippen molar-refractivity contribution in [3.63, 3.8) is 0 Å². The normalized spacial score (nSPS) is 18.8. The molecule has 0 saturated carbocycles. The van der Waals surface area contributed by atoms with Crippen LogP contribution in [-0.4, -0.2) is 46.0 Å². The molecule has 0 saturated heterocycles. The van der Waals surface area contributed by atoms with Gasteiger partial charge < -0.3 is 10.6 Å². The summed E-state index contributed by atoms with van der Waals surface area (Å²) >= 11 is 0. The summed E-state index contributed by atoms with van der Waals surface area (Å²) in [6, 6.07) is 0. The second-order valence-electron chi connectivity index (χ2n) is 4.11. The zero-order valence-corrected chi connectivity index (χ0v) is 9.63. The molecule has 0 unspecified atom stereocenters. The van der Waals surface area contributed by atoms with Crippen LogP contribution in [0.3, 0.4) is 0 Å². The van der Waals surface area contributed by atoms with Gasteiger partial charge in [0.25, 0.3) is 0 Å². The Balaban J connectivity index is 2.40. The van der Waals surface area contributed by atoms with E-state index in [1.165, 1.54) is 0 Å². The SMILES string of the molecule is CN(C)N1C(c2nonc2N)=NOC1(C)C. The van der Waals surface area contributed by atoms with Crippen molar-refractivity contribution in [2.45, 2.75) is 19.6 Å². The summed E-state index contributed by atoms with van der Waals surface area (Å²) in [5.41, 5.74) is 5.40. The van der Waals surface area contributed by atoms with Crippen LogP contribution < -0.4 is 5.73 Å². The fraction of sp³-hybridized carbons (Fsp3) is 0.625. The Hall–Kier alpha value is -1.83. The summed E-state index contributed by atoms with van der Waals surface area (Å²) in [5, 5.41) is 14.8. The highest BCUT2D eigenvalue weighted by atomic mass is 16.7. The second-order valence-corrected chi connectivity index (χ2v) is 4.11. The second kappa shape index (κ2) is 3.34. The molecule has 16 heavy (non-hydrogen) atoms. The standard InChI is InChI=1S/C8H14N6O2/c1-8(2)14(13(3)4)7(12-15-8)5-6(9)11-16-10-5/h1-4H3,(H2,9,11). The van der Waals surface area contributed by atoms with Crippen LogP contribution in [-0.2, 0) is 4.84 Å². The molecule has 0 spiro atoms. The van der Waals surface area contributed by atoms with Crippen LogP contribution in [0.25, 0.3) is 0 Å². The lowest BCUT2D eigenvalue weighted by Crippen LogP contribution is -2.51. The predicted molar refractivity (Wildman–Crippen MR) is 55.9 cm³/mol. The molecule has 1 aliphatic heterocycles. The summed E-state index contributed by atoms with van der Waals surface area (Å²) in [5.74, 6) is 0.667. The number of hydrogen-bond acceptors (Lipinski definition) is 8. The smallest absolute Gasteiger partial charge is 0.219 e. The third kappa shape index (κ3) is 1.47. The van der Waals surface area contributed by atoms with Gasteiger partial charge in [-0.3, -0.25) is 0 Å². The highest BCUT2D eigenvalue weighted by molar-refractivity contribution is 6.00. The largest absolute Gasteiger partial charge is 0.379 e. The first-order valence-electron chi connectivity index (χ1n) is 4.75. The van der Waals surface area contributed by atoms with Gasteiger partial charge in [0.15, 0.2) is 11.5 Å². The Morgan fingerprint density at radius 2 is 2.00 bits per heavy atom. The van der Waals surface area contributed by atoms with Gasteiger partial charge in [0, 0.05) is 14.1 Å². The van der Waals surface area contributed by atoms with Gasteiger partial charge in [0.2, 0.25) is 11.6 Å². The van der Waals surface area contributed by atoms with Crippen LogP contribution in [0.4, 0.5) is 5.82 Å². The van der Waals surface area contributed by atoms with Crippen LogP contribution in [0.5, 0.6) is 0 Å². The van der Waals surface area contributed by atoms with Gasteiger partial charge >= 0.3 is 0 Å². The van der Waals surface area contributed by atoms with Crippen molar-refractivity contribution < 1.29 is 9.47 Å². The zero-order chi connectivity index (χ0) is 11.9. The maximum Gasteiger partial charge on any atom is 0.219 e. The highest BCUT2D eigenvalue weighted by Crippen LogP contribution is 2.28. The summed E-state index contributed by atoms with van der Waals surface area (Å²) < 4.78 is 4.55. The number of rotatable bonds is 2. The van der Waals surface area contributed by atoms with E-state index in [1.807, 2.05) is 38.0 Å². The topological polar surface area (TPSA) is 93.0 Å². The summed E-state index contributed by atoms with van der Waals surface area (Å²) in [6.07, 6.45) is 0. The molecule has 88 valence electrons. The van der Waals surface area contributed by atoms with Gasteiger partial charge in [-0.1, -0.05) is 5.16 Å². The van der Waals surface area contributed by atoms with Crippen molar-refractivity contribution in [3.05, 3.63) is 5.69 Å².